The van der Waals surface area contributed by atoms with E-state index in [0.29, 0.717) is 12.8 Å². The third-order valence-corrected chi connectivity index (χ3v) is 8.78. The summed E-state index contributed by atoms with van der Waals surface area (Å²) in [5.41, 5.74) is -1.63. The molecule has 0 spiro atoms. The van der Waals surface area contributed by atoms with Crippen LogP contribution in [-0.4, -0.2) is 89.2 Å². The number of pyridine rings is 1. The molecule has 2 aromatic rings. The van der Waals surface area contributed by atoms with Crippen molar-refractivity contribution >= 4 is 11.8 Å². The van der Waals surface area contributed by atoms with Gasteiger partial charge in [-0.05, 0) is 57.4 Å². The fourth-order valence-electron chi connectivity index (χ4n) is 6.54. The number of aromatic amines is 1. The minimum absolute atomic E-state index is 0.0710. The number of piperidine rings is 1. The van der Waals surface area contributed by atoms with E-state index < -0.39 is 17.6 Å². The number of aromatic nitrogens is 3. The molecule has 2 aliphatic heterocycles. The Morgan fingerprint density at radius 1 is 1.10 bits per heavy atom. The third kappa shape index (κ3) is 5.96. The standard InChI is InChI=1S/C28H35F4N5O5/c1-40-9-10-42-27(28(30,31)32)7-5-17(6-8-27)34-25(38)16-11-18-3-4-19(12-16)37(18)26(39)23-14-22(35-36-23)20-13-24(41-2)33-15-21(20)29/h13-19H,3-12H2,1-2H3,(H,34,38)(H,35,36)/t16?,17?,18-,19?,27?/m1/s1. The monoisotopic (exact) mass is 597 g/mol. The van der Waals surface area contributed by atoms with E-state index in [4.69, 9.17) is 14.2 Å². The van der Waals surface area contributed by atoms with E-state index in [1.54, 1.807) is 4.90 Å². The predicted octanol–water partition coefficient (Wildman–Crippen LogP) is 4.03. The molecular formula is C28H35F4N5O5. The molecule has 4 heterocycles. The topological polar surface area (TPSA) is 119 Å². The fraction of sp³-hybridized carbons (Fsp3) is 0.643. The summed E-state index contributed by atoms with van der Waals surface area (Å²) in [5.74, 6) is -1.19. The van der Waals surface area contributed by atoms with Crippen LogP contribution in [0.3, 0.4) is 0 Å². The van der Waals surface area contributed by atoms with E-state index in [1.807, 2.05) is 0 Å². The highest BCUT2D eigenvalue weighted by molar-refractivity contribution is 5.94. The molecule has 10 nitrogen and oxygen atoms in total. The van der Waals surface area contributed by atoms with Crippen molar-refractivity contribution in [3.05, 3.63) is 29.8 Å². The third-order valence-electron chi connectivity index (χ3n) is 8.78. The quantitative estimate of drug-likeness (QED) is 0.331. The number of nitrogens with one attached hydrogen (secondary N) is 2. The normalized spacial score (nSPS) is 27.6. The van der Waals surface area contributed by atoms with Gasteiger partial charge in [0.1, 0.15) is 5.69 Å². The SMILES string of the molecule is COCCOC1(C(F)(F)F)CCC(NC(=O)C2CC3CC[C@H](C2)N3C(=O)c2cc(-c3cc(OC)ncc3F)n[nH]2)CC1. The van der Waals surface area contributed by atoms with Crippen LogP contribution < -0.4 is 10.1 Å². The molecule has 2 aromatic heterocycles. The largest absolute Gasteiger partial charge is 0.481 e. The molecule has 2 saturated heterocycles. The molecule has 230 valence electrons. The van der Waals surface area contributed by atoms with Crippen molar-refractivity contribution in [2.75, 3.05) is 27.4 Å². The first-order valence-electron chi connectivity index (χ1n) is 14.1. The van der Waals surface area contributed by atoms with Crippen LogP contribution in [0, 0.1) is 11.7 Å². The number of amides is 2. The van der Waals surface area contributed by atoms with Crippen molar-refractivity contribution in [2.24, 2.45) is 5.92 Å². The molecule has 0 radical (unpaired) electrons. The molecule has 2 amide bonds. The van der Waals surface area contributed by atoms with Gasteiger partial charge in [0.05, 0.1) is 32.2 Å². The number of fused-ring (bicyclic) bond motifs is 2. The number of hydrogen-bond donors (Lipinski definition) is 2. The average molecular weight is 598 g/mol. The smallest absolute Gasteiger partial charge is 0.417 e. The van der Waals surface area contributed by atoms with E-state index in [1.165, 1.54) is 26.4 Å². The molecule has 2 bridgehead atoms. The fourth-order valence-corrected chi connectivity index (χ4v) is 6.54. The number of halogens is 4. The zero-order valence-electron chi connectivity index (χ0n) is 23.5. The lowest BCUT2D eigenvalue weighted by Crippen LogP contribution is -2.55. The summed E-state index contributed by atoms with van der Waals surface area (Å²) in [6, 6.07) is 2.20. The summed E-state index contributed by atoms with van der Waals surface area (Å²) in [7, 11) is 2.82. The lowest BCUT2D eigenvalue weighted by molar-refractivity contribution is -0.290. The number of H-pyrrole nitrogens is 1. The van der Waals surface area contributed by atoms with Gasteiger partial charge in [0.2, 0.25) is 11.8 Å². The van der Waals surface area contributed by atoms with Crippen molar-refractivity contribution in [2.45, 2.75) is 81.3 Å². The average Bonchev–Trinajstić information content (AvgIpc) is 3.55. The molecule has 5 rings (SSSR count). The maximum atomic E-state index is 14.4. The second-order valence-corrected chi connectivity index (χ2v) is 11.3. The Labute approximate surface area is 240 Å². The Balaban J connectivity index is 1.18. The van der Waals surface area contributed by atoms with Crippen LogP contribution in [-0.2, 0) is 14.3 Å². The molecule has 3 atom stereocenters. The van der Waals surface area contributed by atoms with Crippen molar-refractivity contribution in [1.82, 2.24) is 25.4 Å². The van der Waals surface area contributed by atoms with Gasteiger partial charge in [-0.1, -0.05) is 0 Å². The van der Waals surface area contributed by atoms with Gasteiger partial charge in [-0.2, -0.15) is 18.3 Å². The van der Waals surface area contributed by atoms with Crippen LogP contribution in [0.4, 0.5) is 17.6 Å². The van der Waals surface area contributed by atoms with Crippen LogP contribution in [0.1, 0.15) is 61.9 Å². The lowest BCUT2D eigenvalue weighted by atomic mass is 9.81. The summed E-state index contributed by atoms with van der Waals surface area (Å²) < 4.78 is 71.0. The summed E-state index contributed by atoms with van der Waals surface area (Å²) in [5, 5.41) is 9.80. The molecule has 14 heteroatoms. The minimum atomic E-state index is -4.51. The lowest BCUT2D eigenvalue weighted by Gasteiger charge is -2.42. The van der Waals surface area contributed by atoms with Gasteiger partial charge in [-0.15, -0.1) is 0 Å². The van der Waals surface area contributed by atoms with E-state index in [9.17, 15) is 27.2 Å². The minimum Gasteiger partial charge on any atom is -0.481 e. The number of ether oxygens (including phenoxy) is 3. The van der Waals surface area contributed by atoms with Crippen molar-refractivity contribution in [3.63, 3.8) is 0 Å². The molecular weight excluding hydrogens is 562 g/mol. The predicted molar refractivity (Wildman–Crippen MR) is 141 cm³/mol. The Hall–Kier alpha value is -3.26. The van der Waals surface area contributed by atoms with E-state index in [-0.39, 0.29) is 97.6 Å². The highest BCUT2D eigenvalue weighted by Gasteiger charge is 2.57. The number of alkyl halides is 3. The zero-order valence-corrected chi connectivity index (χ0v) is 23.5. The first kappa shape index (κ1) is 30.2. The molecule has 0 aromatic carbocycles. The molecule has 3 fully saturated rings. The van der Waals surface area contributed by atoms with E-state index >= 15 is 0 Å². The summed E-state index contributed by atoms with van der Waals surface area (Å²) in [6.45, 7) is -0.0794. The number of methoxy groups -OCH3 is 2. The second-order valence-electron chi connectivity index (χ2n) is 11.3. The summed E-state index contributed by atoms with van der Waals surface area (Å²) in [6.07, 6.45) is -1.21. The van der Waals surface area contributed by atoms with Gasteiger partial charge >= 0.3 is 6.18 Å². The van der Waals surface area contributed by atoms with Crippen molar-refractivity contribution in [3.8, 4) is 17.1 Å². The van der Waals surface area contributed by atoms with Gasteiger partial charge in [0, 0.05) is 42.8 Å². The van der Waals surface area contributed by atoms with Gasteiger partial charge in [0.25, 0.3) is 5.91 Å². The highest BCUT2D eigenvalue weighted by Crippen LogP contribution is 2.45. The van der Waals surface area contributed by atoms with Crippen LogP contribution in [0.2, 0.25) is 0 Å². The number of hydrogen-bond acceptors (Lipinski definition) is 7. The van der Waals surface area contributed by atoms with E-state index in [0.717, 1.165) is 19.0 Å². The van der Waals surface area contributed by atoms with Gasteiger partial charge in [-0.3, -0.25) is 14.7 Å². The van der Waals surface area contributed by atoms with Crippen LogP contribution in [0.15, 0.2) is 18.3 Å². The summed E-state index contributed by atoms with van der Waals surface area (Å²) >= 11 is 0. The maximum absolute atomic E-state index is 14.4. The molecule has 1 saturated carbocycles. The van der Waals surface area contributed by atoms with E-state index in [2.05, 4.69) is 20.5 Å². The zero-order chi connectivity index (χ0) is 30.1. The molecule has 2 unspecified atom stereocenters. The number of nitrogens with zero attached hydrogens (tertiary/aromatic N) is 3. The molecule has 3 aliphatic rings. The molecule has 2 N–H and O–H groups in total. The van der Waals surface area contributed by atoms with Gasteiger partial charge in [0.15, 0.2) is 11.4 Å². The Bertz CT molecular complexity index is 1270. The summed E-state index contributed by atoms with van der Waals surface area (Å²) in [4.78, 5) is 32.2. The first-order valence-corrected chi connectivity index (χ1v) is 14.1. The molecule has 42 heavy (non-hydrogen) atoms. The van der Waals surface area contributed by atoms with Crippen molar-refractivity contribution in [1.29, 1.82) is 0 Å². The Morgan fingerprint density at radius 2 is 1.79 bits per heavy atom. The maximum Gasteiger partial charge on any atom is 0.417 e. The Morgan fingerprint density at radius 3 is 2.40 bits per heavy atom. The van der Waals surface area contributed by atoms with Gasteiger partial charge < -0.3 is 24.4 Å². The molecule has 1 aliphatic carbocycles. The van der Waals surface area contributed by atoms with Crippen LogP contribution in [0.25, 0.3) is 11.3 Å². The Kier molecular flexibility index (Phi) is 8.74. The first-order chi connectivity index (χ1) is 20.0. The van der Waals surface area contributed by atoms with Gasteiger partial charge in [-0.25, -0.2) is 9.37 Å². The van der Waals surface area contributed by atoms with Crippen LogP contribution in [0.5, 0.6) is 5.88 Å². The second kappa shape index (κ2) is 12.2. The number of carbonyl (C=O) groups excluding carboxylic acids is 2. The number of rotatable bonds is 9. The van der Waals surface area contributed by atoms with Crippen molar-refractivity contribution < 1.29 is 41.4 Å². The highest BCUT2D eigenvalue weighted by atomic mass is 19.4. The number of carbonyl (C=O) groups is 2. The van der Waals surface area contributed by atoms with Crippen LogP contribution >= 0.6 is 0 Å².